The van der Waals surface area contributed by atoms with Gasteiger partial charge in [-0.2, -0.15) is 0 Å². The number of aliphatic hydroxyl groups excluding tert-OH is 1. The first-order chi connectivity index (χ1) is 8.67. The Bertz CT molecular complexity index is 400. The maximum atomic E-state index is 9.67. The molecule has 0 heterocycles. The summed E-state index contributed by atoms with van der Waals surface area (Å²) in [5.74, 6) is -0.151. The van der Waals surface area contributed by atoms with Crippen molar-refractivity contribution in [1.29, 1.82) is 0 Å². The van der Waals surface area contributed by atoms with Crippen molar-refractivity contribution >= 4 is 0 Å². The van der Waals surface area contributed by atoms with Gasteiger partial charge in [-0.1, -0.05) is 25.0 Å². The maximum absolute atomic E-state index is 9.67. The molecule has 1 aliphatic carbocycles. The molecule has 0 radical (unpaired) electrons. The van der Waals surface area contributed by atoms with Crippen molar-refractivity contribution in [3.8, 4) is 11.5 Å². The Kier molecular flexibility index (Phi) is 4.09. The summed E-state index contributed by atoms with van der Waals surface area (Å²) in [5, 5.41) is 31.8. The number of phenols is 2. The van der Waals surface area contributed by atoms with Crippen LogP contribution in [0.3, 0.4) is 0 Å². The third-order valence-electron chi connectivity index (χ3n) is 3.91. The van der Waals surface area contributed by atoms with Gasteiger partial charge in [-0.15, -0.1) is 0 Å². The minimum Gasteiger partial charge on any atom is -0.504 e. The zero-order chi connectivity index (χ0) is 13.0. The SMILES string of the molecule is OCC1(CNCc2cccc(O)c2O)CCCC1. The Morgan fingerprint density at radius 2 is 1.89 bits per heavy atom. The quantitative estimate of drug-likeness (QED) is 0.601. The van der Waals surface area contributed by atoms with Gasteiger partial charge in [0, 0.05) is 30.7 Å². The van der Waals surface area contributed by atoms with E-state index in [2.05, 4.69) is 5.32 Å². The van der Waals surface area contributed by atoms with Crippen molar-refractivity contribution in [2.24, 2.45) is 5.41 Å². The number of benzene rings is 1. The average Bonchev–Trinajstić information content (AvgIpc) is 2.84. The molecule has 0 aliphatic heterocycles. The van der Waals surface area contributed by atoms with Crippen molar-refractivity contribution in [2.45, 2.75) is 32.2 Å². The molecule has 4 N–H and O–H groups in total. The normalized spacial score (nSPS) is 18.1. The van der Waals surface area contributed by atoms with Crippen LogP contribution in [-0.2, 0) is 6.54 Å². The molecule has 1 aromatic carbocycles. The molecular weight excluding hydrogens is 230 g/mol. The van der Waals surface area contributed by atoms with E-state index in [4.69, 9.17) is 0 Å². The second-order valence-electron chi connectivity index (χ2n) is 5.25. The van der Waals surface area contributed by atoms with Crippen LogP contribution < -0.4 is 5.32 Å². The predicted octanol–water partition coefficient (Wildman–Crippen LogP) is 1.74. The molecule has 0 bridgehead atoms. The van der Waals surface area contributed by atoms with Crippen molar-refractivity contribution in [3.05, 3.63) is 23.8 Å². The van der Waals surface area contributed by atoms with Gasteiger partial charge in [-0.25, -0.2) is 0 Å². The molecule has 0 unspecified atom stereocenters. The number of para-hydroxylation sites is 1. The molecule has 0 amide bonds. The van der Waals surface area contributed by atoms with Crippen LogP contribution in [0.15, 0.2) is 18.2 Å². The average molecular weight is 251 g/mol. The zero-order valence-electron chi connectivity index (χ0n) is 10.5. The highest BCUT2D eigenvalue weighted by atomic mass is 16.3. The molecular formula is C14H21NO3. The summed E-state index contributed by atoms with van der Waals surface area (Å²) in [4.78, 5) is 0. The second-order valence-corrected chi connectivity index (χ2v) is 5.25. The number of nitrogens with one attached hydrogen (secondary N) is 1. The van der Waals surface area contributed by atoms with Crippen LogP contribution >= 0.6 is 0 Å². The van der Waals surface area contributed by atoms with E-state index in [1.807, 2.05) is 0 Å². The number of hydrogen-bond acceptors (Lipinski definition) is 4. The summed E-state index contributed by atoms with van der Waals surface area (Å²) in [6.45, 7) is 1.46. The van der Waals surface area contributed by atoms with Crippen molar-refractivity contribution < 1.29 is 15.3 Å². The minimum atomic E-state index is -0.0907. The lowest BCUT2D eigenvalue weighted by atomic mass is 9.87. The van der Waals surface area contributed by atoms with E-state index in [1.165, 1.54) is 18.9 Å². The van der Waals surface area contributed by atoms with E-state index >= 15 is 0 Å². The van der Waals surface area contributed by atoms with E-state index in [0.29, 0.717) is 12.1 Å². The molecule has 0 saturated heterocycles. The van der Waals surface area contributed by atoms with Gasteiger partial charge < -0.3 is 20.6 Å². The van der Waals surface area contributed by atoms with Gasteiger partial charge in [0.25, 0.3) is 0 Å². The number of aliphatic hydroxyl groups is 1. The summed E-state index contributed by atoms with van der Waals surface area (Å²) in [5.41, 5.74) is 0.688. The van der Waals surface area contributed by atoms with Crippen LogP contribution in [-0.4, -0.2) is 28.5 Å². The van der Waals surface area contributed by atoms with Crippen molar-refractivity contribution in [1.82, 2.24) is 5.32 Å². The summed E-state index contributed by atoms with van der Waals surface area (Å²) >= 11 is 0. The Labute approximate surface area is 107 Å². The van der Waals surface area contributed by atoms with Gasteiger partial charge in [0.05, 0.1) is 0 Å². The van der Waals surface area contributed by atoms with Gasteiger partial charge in [-0.3, -0.25) is 0 Å². The molecule has 1 aliphatic rings. The minimum absolute atomic E-state index is 0.00639. The molecule has 4 heteroatoms. The van der Waals surface area contributed by atoms with Crippen molar-refractivity contribution in [3.63, 3.8) is 0 Å². The first-order valence-corrected chi connectivity index (χ1v) is 6.48. The molecule has 1 aromatic rings. The monoisotopic (exact) mass is 251 g/mol. The van der Waals surface area contributed by atoms with Gasteiger partial charge in [0.2, 0.25) is 0 Å². The molecule has 0 spiro atoms. The number of rotatable bonds is 5. The third-order valence-corrected chi connectivity index (χ3v) is 3.91. The highest BCUT2D eigenvalue weighted by molar-refractivity contribution is 5.44. The maximum Gasteiger partial charge on any atom is 0.161 e. The molecule has 4 nitrogen and oxygen atoms in total. The summed E-state index contributed by atoms with van der Waals surface area (Å²) in [6, 6.07) is 4.96. The van der Waals surface area contributed by atoms with E-state index in [-0.39, 0.29) is 23.5 Å². The predicted molar refractivity (Wildman–Crippen MR) is 69.5 cm³/mol. The van der Waals surface area contributed by atoms with Crippen LogP contribution in [0.25, 0.3) is 0 Å². The molecule has 1 saturated carbocycles. The molecule has 0 aromatic heterocycles. The van der Waals surface area contributed by atoms with Crippen LogP contribution in [0.4, 0.5) is 0 Å². The lowest BCUT2D eigenvalue weighted by molar-refractivity contribution is 0.128. The molecule has 100 valence electrons. The fourth-order valence-corrected chi connectivity index (χ4v) is 2.70. The largest absolute Gasteiger partial charge is 0.504 e. The Hall–Kier alpha value is -1.26. The van der Waals surface area contributed by atoms with E-state index in [0.717, 1.165) is 19.4 Å². The molecule has 2 rings (SSSR count). The van der Waals surface area contributed by atoms with Gasteiger partial charge in [0.1, 0.15) is 0 Å². The Morgan fingerprint density at radius 1 is 1.17 bits per heavy atom. The van der Waals surface area contributed by atoms with Crippen LogP contribution in [0.5, 0.6) is 11.5 Å². The number of phenolic OH excluding ortho intramolecular Hbond substituents is 2. The van der Waals surface area contributed by atoms with E-state index in [1.54, 1.807) is 12.1 Å². The first kappa shape index (κ1) is 13.2. The first-order valence-electron chi connectivity index (χ1n) is 6.48. The highest BCUT2D eigenvalue weighted by Gasteiger charge is 2.32. The number of aromatic hydroxyl groups is 2. The smallest absolute Gasteiger partial charge is 0.161 e. The standard InChI is InChI=1S/C14H21NO3/c16-10-14(6-1-2-7-14)9-15-8-11-4-3-5-12(17)13(11)18/h3-5,15-18H,1-2,6-10H2. The highest BCUT2D eigenvalue weighted by Crippen LogP contribution is 2.37. The summed E-state index contributed by atoms with van der Waals surface area (Å²) in [6.07, 6.45) is 4.48. The Balaban J connectivity index is 1.90. The second kappa shape index (κ2) is 5.59. The van der Waals surface area contributed by atoms with E-state index in [9.17, 15) is 15.3 Å². The third kappa shape index (κ3) is 2.76. The zero-order valence-corrected chi connectivity index (χ0v) is 10.5. The lowest BCUT2D eigenvalue weighted by Crippen LogP contribution is -2.34. The van der Waals surface area contributed by atoms with Gasteiger partial charge in [-0.05, 0) is 18.9 Å². The number of hydrogen-bond donors (Lipinski definition) is 4. The van der Waals surface area contributed by atoms with Gasteiger partial charge >= 0.3 is 0 Å². The Morgan fingerprint density at radius 3 is 2.56 bits per heavy atom. The topological polar surface area (TPSA) is 72.7 Å². The van der Waals surface area contributed by atoms with Crippen LogP contribution in [0, 0.1) is 5.41 Å². The fraction of sp³-hybridized carbons (Fsp3) is 0.571. The van der Waals surface area contributed by atoms with Gasteiger partial charge in [0.15, 0.2) is 11.5 Å². The van der Waals surface area contributed by atoms with Crippen LogP contribution in [0.1, 0.15) is 31.2 Å². The van der Waals surface area contributed by atoms with Crippen LogP contribution in [0.2, 0.25) is 0 Å². The molecule has 0 atom stereocenters. The summed E-state index contributed by atoms with van der Waals surface area (Å²) in [7, 11) is 0. The lowest BCUT2D eigenvalue weighted by Gasteiger charge is -2.26. The summed E-state index contributed by atoms with van der Waals surface area (Å²) < 4.78 is 0. The molecule has 1 fully saturated rings. The van der Waals surface area contributed by atoms with Crippen molar-refractivity contribution in [2.75, 3.05) is 13.2 Å². The molecule has 18 heavy (non-hydrogen) atoms. The fourth-order valence-electron chi connectivity index (χ4n) is 2.70. The van der Waals surface area contributed by atoms with E-state index < -0.39 is 0 Å².